The molecule has 17 heavy (non-hydrogen) atoms. The zero-order valence-corrected chi connectivity index (χ0v) is 10.6. The van der Waals surface area contributed by atoms with Gasteiger partial charge in [0.25, 0.3) is 0 Å². The van der Waals surface area contributed by atoms with E-state index in [-0.39, 0.29) is 5.91 Å². The molecular weight excluding hydrogens is 216 g/mol. The number of aromatic nitrogens is 2. The van der Waals surface area contributed by atoms with E-state index in [1.807, 2.05) is 17.8 Å². The second kappa shape index (κ2) is 7.06. The summed E-state index contributed by atoms with van der Waals surface area (Å²) in [5.74, 6) is 1.50. The summed E-state index contributed by atoms with van der Waals surface area (Å²) >= 11 is 0. The molecule has 1 atom stereocenters. The molecule has 3 N–H and O–H groups in total. The molecule has 0 aliphatic heterocycles. The molecule has 1 amide bonds. The Morgan fingerprint density at radius 2 is 2.41 bits per heavy atom. The molecule has 0 saturated heterocycles. The summed E-state index contributed by atoms with van der Waals surface area (Å²) in [7, 11) is 1.95. The lowest BCUT2D eigenvalue weighted by Gasteiger charge is -2.08. The SMILES string of the molecule is CC(CN)CCC(=O)NCCc1nccn1C. The summed E-state index contributed by atoms with van der Waals surface area (Å²) in [4.78, 5) is 15.7. The molecule has 0 radical (unpaired) electrons. The van der Waals surface area contributed by atoms with Crippen LogP contribution in [0.4, 0.5) is 0 Å². The van der Waals surface area contributed by atoms with Crippen LogP contribution in [-0.4, -0.2) is 28.5 Å². The smallest absolute Gasteiger partial charge is 0.220 e. The van der Waals surface area contributed by atoms with Crippen LogP contribution in [0.25, 0.3) is 0 Å². The zero-order valence-electron chi connectivity index (χ0n) is 10.6. The highest BCUT2D eigenvalue weighted by atomic mass is 16.1. The standard InChI is InChI=1S/C12H22N4O/c1-10(9-13)3-4-12(17)15-6-5-11-14-7-8-16(11)2/h7-8,10H,3-6,9,13H2,1-2H3,(H,15,17). The maximum Gasteiger partial charge on any atom is 0.220 e. The summed E-state index contributed by atoms with van der Waals surface area (Å²) in [5, 5.41) is 2.89. The Labute approximate surface area is 102 Å². The molecular formula is C12H22N4O. The minimum atomic E-state index is 0.0968. The van der Waals surface area contributed by atoms with Gasteiger partial charge in [-0.1, -0.05) is 6.92 Å². The molecule has 1 heterocycles. The van der Waals surface area contributed by atoms with Crippen molar-refractivity contribution in [3.8, 4) is 0 Å². The number of nitrogens with zero attached hydrogens (tertiary/aromatic N) is 2. The molecule has 1 aromatic rings. The summed E-state index contributed by atoms with van der Waals surface area (Å²) in [6.45, 7) is 3.34. The summed E-state index contributed by atoms with van der Waals surface area (Å²) < 4.78 is 1.96. The van der Waals surface area contributed by atoms with Crippen molar-refractivity contribution in [1.29, 1.82) is 0 Å². The van der Waals surface area contributed by atoms with E-state index < -0.39 is 0 Å². The maximum atomic E-state index is 11.5. The Hall–Kier alpha value is -1.36. The van der Waals surface area contributed by atoms with Crippen molar-refractivity contribution >= 4 is 5.91 Å². The van der Waals surface area contributed by atoms with Gasteiger partial charge in [-0.05, 0) is 18.9 Å². The third-order valence-corrected chi connectivity index (χ3v) is 2.86. The van der Waals surface area contributed by atoms with Crippen molar-refractivity contribution in [2.75, 3.05) is 13.1 Å². The third kappa shape index (κ3) is 4.99. The van der Waals surface area contributed by atoms with E-state index in [4.69, 9.17) is 5.73 Å². The molecule has 0 bridgehead atoms. The van der Waals surface area contributed by atoms with E-state index in [0.717, 1.165) is 18.7 Å². The number of carbonyl (C=O) groups excluding carboxylic acids is 1. The number of imidazole rings is 1. The number of hydrogen-bond acceptors (Lipinski definition) is 3. The van der Waals surface area contributed by atoms with Crippen LogP contribution in [-0.2, 0) is 18.3 Å². The Morgan fingerprint density at radius 3 is 3.00 bits per heavy atom. The number of rotatable bonds is 7. The Morgan fingerprint density at radius 1 is 1.65 bits per heavy atom. The molecule has 0 aliphatic carbocycles. The topological polar surface area (TPSA) is 72.9 Å². The van der Waals surface area contributed by atoms with Crippen LogP contribution in [0, 0.1) is 5.92 Å². The van der Waals surface area contributed by atoms with Gasteiger partial charge >= 0.3 is 0 Å². The highest BCUT2D eigenvalue weighted by Gasteiger charge is 2.05. The molecule has 5 nitrogen and oxygen atoms in total. The van der Waals surface area contributed by atoms with Crippen LogP contribution >= 0.6 is 0 Å². The zero-order chi connectivity index (χ0) is 12.7. The van der Waals surface area contributed by atoms with Gasteiger partial charge in [0.2, 0.25) is 5.91 Å². The predicted octanol–water partition coefficient (Wildman–Crippen LogP) is 0.454. The fourth-order valence-corrected chi connectivity index (χ4v) is 1.53. The molecule has 5 heteroatoms. The lowest BCUT2D eigenvalue weighted by molar-refractivity contribution is -0.121. The average Bonchev–Trinajstić information content (AvgIpc) is 2.72. The first-order valence-electron chi connectivity index (χ1n) is 6.06. The van der Waals surface area contributed by atoms with E-state index in [0.29, 0.717) is 25.4 Å². The van der Waals surface area contributed by atoms with Crippen molar-refractivity contribution in [2.24, 2.45) is 18.7 Å². The normalized spacial score (nSPS) is 12.4. The van der Waals surface area contributed by atoms with E-state index >= 15 is 0 Å². The predicted molar refractivity (Wildman–Crippen MR) is 67.4 cm³/mol. The van der Waals surface area contributed by atoms with Gasteiger partial charge in [-0.2, -0.15) is 0 Å². The quantitative estimate of drug-likeness (QED) is 0.724. The maximum absolute atomic E-state index is 11.5. The van der Waals surface area contributed by atoms with Crippen molar-refractivity contribution in [3.05, 3.63) is 18.2 Å². The van der Waals surface area contributed by atoms with Crippen LogP contribution in [0.1, 0.15) is 25.6 Å². The van der Waals surface area contributed by atoms with Gasteiger partial charge in [-0.25, -0.2) is 4.98 Å². The van der Waals surface area contributed by atoms with Crippen LogP contribution in [0.3, 0.4) is 0 Å². The minimum absolute atomic E-state index is 0.0968. The highest BCUT2D eigenvalue weighted by Crippen LogP contribution is 2.02. The van der Waals surface area contributed by atoms with Gasteiger partial charge in [0.15, 0.2) is 0 Å². The molecule has 1 aromatic heterocycles. The molecule has 1 rings (SSSR count). The number of amides is 1. The first-order valence-corrected chi connectivity index (χ1v) is 6.06. The summed E-state index contributed by atoms with van der Waals surface area (Å²) in [6, 6.07) is 0. The number of aryl methyl sites for hydroxylation is 1. The van der Waals surface area contributed by atoms with E-state index in [2.05, 4.69) is 17.2 Å². The van der Waals surface area contributed by atoms with Gasteiger partial charge < -0.3 is 15.6 Å². The van der Waals surface area contributed by atoms with Gasteiger partial charge in [0.05, 0.1) is 0 Å². The van der Waals surface area contributed by atoms with Crippen LogP contribution in [0.5, 0.6) is 0 Å². The van der Waals surface area contributed by atoms with E-state index in [9.17, 15) is 4.79 Å². The molecule has 1 unspecified atom stereocenters. The van der Waals surface area contributed by atoms with Crippen LogP contribution < -0.4 is 11.1 Å². The fraction of sp³-hybridized carbons (Fsp3) is 0.667. The lowest BCUT2D eigenvalue weighted by Crippen LogP contribution is -2.27. The van der Waals surface area contributed by atoms with E-state index in [1.165, 1.54) is 0 Å². The van der Waals surface area contributed by atoms with Crippen molar-refractivity contribution in [3.63, 3.8) is 0 Å². The number of nitrogens with one attached hydrogen (secondary N) is 1. The first-order chi connectivity index (χ1) is 8.13. The Bertz CT molecular complexity index is 348. The van der Waals surface area contributed by atoms with Crippen LogP contribution in [0.15, 0.2) is 12.4 Å². The molecule has 0 spiro atoms. The van der Waals surface area contributed by atoms with Gasteiger partial charge in [-0.15, -0.1) is 0 Å². The average molecular weight is 238 g/mol. The number of carbonyl (C=O) groups is 1. The van der Waals surface area contributed by atoms with Gasteiger partial charge in [0, 0.05) is 38.8 Å². The lowest BCUT2D eigenvalue weighted by atomic mass is 10.1. The second-order valence-electron chi connectivity index (χ2n) is 4.43. The van der Waals surface area contributed by atoms with Crippen LogP contribution in [0.2, 0.25) is 0 Å². The molecule has 96 valence electrons. The van der Waals surface area contributed by atoms with E-state index in [1.54, 1.807) is 6.20 Å². The van der Waals surface area contributed by atoms with Gasteiger partial charge in [-0.3, -0.25) is 4.79 Å². The number of nitrogens with two attached hydrogens (primary N) is 1. The number of hydrogen-bond donors (Lipinski definition) is 2. The monoisotopic (exact) mass is 238 g/mol. The largest absolute Gasteiger partial charge is 0.356 e. The van der Waals surface area contributed by atoms with Crippen molar-refractivity contribution < 1.29 is 4.79 Å². The van der Waals surface area contributed by atoms with Crippen molar-refractivity contribution in [1.82, 2.24) is 14.9 Å². The highest BCUT2D eigenvalue weighted by molar-refractivity contribution is 5.75. The fourth-order valence-electron chi connectivity index (χ4n) is 1.53. The summed E-state index contributed by atoms with van der Waals surface area (Å²) in [6.07, 6.45) is 5.84. The third-order valence-electron chi connectivity index (χ3n) is 2.86. The summed E-state index contributed by atoms with van der Waals surface area (Å²) in [5.41, 5.74) is 5.50. The Balaban J connectivity index is 2.14. The molecule has 0 saturated carbocycles. The molecule has 0 aliphatic rings. The molecule has 0 aromatic carbocycles. The second-order valence-corrected chi connectivity index (χ2v) is 4.43. The minimum Gasteiger partial charge on any atom is -0.356 e. The Kier molecular flexibility index (Phi) is 5.69. The first kappa shape index (κ1) is 13.7. The van der Waals surface area contributed by atoms with Crippen molar-refractivity contribution in [2.45, 2.75) is 26.2 Å². The van der Waals surface area contributed by atoms with Gasteiger partial charge in [0.1, 0.15) is 5.82 Å². The molecule has 0 fully saturated rings.